The van der Waals surface area contributed by atoms with E-state index in [4.69, 9.17) is 0 Å². The van der Waals surface area contributed by atoms with Gasteiger partial charge >= 0.3 is 0 Å². The molecule has 2 aliphatic rings. The van der Waals surface area contributed by atoms with Crippen LogP contribution in [0.5, 0.6) is 11.5 Å². The number of piperidine rings is 2. The van der Waals surface area contributed by atoms with Gasteiger partial charge in [-0.05, 0) is 183 Å². The van der Waals surface area contributed by atoms with Crippen LogP contribution in [0.15, 0.2) is 84.9 Å². The van der Waals surface area contributed by atoms with Crippen LogP contribution in [-0.2, 0) is 4.79 Å². The number of nitrogens with zero attached hydrogens (tertiary/aromatic N) is 4. The molecule has 2 aliphatic heterocycles. The van der Waals surface area contributed by atoms with Crippen LogP contribution in [0.3, 0.4) is 0 Å². The molecule has 2 fully saturated rings. The van der Waals surface area contributed by atoms with Gasteiger partial charge in [-0.1, -0.05) is 55.5 Å². The molecule has 0 aromatic heterocycles. The van der Waals surface area contributed by atoms with Crippen molar-refractivity contribution in [3.63, 3.8) is 0 Å². The van der Waals surface area contributed by atoms with Crippen molar-refractivity contribution in [2.75, 3.05) is 74.0 Å². The fourth-order valence-electron chi connectivity index (χ4n) is 10.8. The highest BCUT2D eigenvalue weighted by Crippen LogP contribution is 2.44. The molecule has 7 atom stereocenters. The van der Waals surface area contributed by atoms with E-state index in [9.17, 15) is 29.0 Å². The molecule has 11 heteroatoms. The van der Waals surface area contributed by atoms with E-state index in [0.717, 1.165) is 43.6 Å². The van der Waals surface area contributed by atoms with Crippen molar-refractivity contribution in [3.8, 4) is 11.5 Å². The standard InChI is InChI=1S/C54H70F2N4O5/c1-35(29-40-32-60(26-9-8-25-57(4)5)34-47(54(65)39-16-11-18-42(62)31-39)51(40)44-20-13-22-49(56)37(44)3)52(63)50(58(6)7)23-14-27-59-28-24-45(43-19-12-21-48(55)36(43)2)46(33-59)53(64)38-15-10-17-41(61)30-38/h10-13,15-22,30-31,35,40,45-47,50-51,61-62H,8-9,14,23-29,32-34H2,1-7H3/t35?,40?,45?,46?,47?,50-,51?/m1/s1. The second-order valence-electron chi connectivity index (χ2n) is 19.4. The van der Waals surface area contributed by atoms with Gasteiger partial charge in [0.05, 0.1) is 6.04 Å². The van der Waals surface area contributed by atoms with Gasteiger partial charge in [-0.25, -0.2) is 8.78 Å². The molecule has 65 heavy (non-hydrogen) atoms. The number of halogens is 2. The van der Waals surface area contributed by atoms with Crippen molar-refractivity contribution in [2.24, 2.45) is 23.7 Å². The average molecular weight is 893 g/mol. The van der Waals surface area contributed by atoms with Crippen LogP contribution in [0, 0.1) is 49.2 Å². The lowest BCUT2D eigenvalue weighted by Crippen LogP contribution is -2.49. The number of ketones is 3. The number of carbonyl (C=O) groups excluding carboxylic acids is 3. The Bertz CT molecular complexity index is 2270. The molecule has 0 saturated carbocycles. The molecular weight excluding hydrogens is 823 g/mol. The van der Waals surface area contributed by atoms with Gasteiger partial charge < -0.3 is 24.9 Å². The highest BCUT2D eigenvalue weighted by Gasteiger charge is 2.44. The summed E-state index contributed by atoms with van der Waals surface area (Å²) in [5.74, 6) is -2.61. The van der Waals surface area contributed by atoms with Crippen LogP contribution < -0.4 is 0 Å². The number of hydrogen-bond donors (Lipinski definition) is 2. The molecule has 6 unspecified atom stereocenters. The van der Waals surface area contributed by atoms with Gasteiger partial charge in [0.25, 0.3) is 0 Å². The van der Waals surface area contributed by atoms with Crippen LogP contribution >= 0.6 is 0 Å². The third-order valence-electron chi connectivity index (χ3n) is 14.3. The average Bonchev–Trinajstić information content (AvgIpc) is 3.27. The zero-order chi connectivity index (χ0) is 46.9. The van der Waals surface area contributed by atoms with E-state index in [-0.39, 0.29) is 70.2 Å². The number of Topliss-reactive ketones (excluding diaryl/α,β-unsaturated/α-hetero) is 3. The van der Waals surface area contributed by atoms with Crippen molar-refractivity contribution in [2.45, 2.75) is 77.2 Å². The van der Waals surface area contributed by atoms with E-state index in [0.29, 0.717) is 74.1 Å². The monoisotopic (exact) mass is 893 g/mol. The van der Waals surface area contributed by atoms with Crippen LogP contribution in [0.2, 0.25) is 0 Å². The lowest BCUT2D eigenvalue weighted by Gasteiger charge is -2.45. The fourth-order valence-corrected chi connectivity index (χ4v) is 10.8. The summed E-state index contributed by atoms with van der Waals surface area (Å²) < 4.78 is 30.2. The number of likely N-dealkylation sites (N-methyl/N-ethyl adjacent to an activating group) is 1. The zero-order valence-electron chi connectivity index (χ0n) is 39.5. The molecule has 4 aromatic carbocycles. The van der Waals surface area contributed by atoms with E-state index in [1.54, 1.807) is 62.4 Å². The van der Waals surface area contributed by atoms with Gasteiger partial charge in [-0.2, -0.15) is 0 Å². The Morgan fingerprint density at radius 2 is 1.26 bits per heavy atom. The minimum atomic E-state index is -0.519. The Hall–Kier alpha value is -4.81. The lowest BCUT2D eigenvalue weighted by molar-refractivity contribution is -0.128. The summed E-state index contributed by atoms with van der Waals surface area (Å²) in [6, 6.07) is 22.7. The minimum Gasteiger partial charge on any atom is -0.508 e. The van der Waals surface area contributed by atoms with Gasteiger partial charge in [0, 0.05) is 48.5 Å². The first-order valence-corrected chi connectivity index (χ1v) is 23.5. The molecule has 350 valence electrons. The number of hydrogen-bond acceptors (Lipinski definition) is 9. The van der Waals surface area contributed by atoms with E-state index in [2.05, 4.69) is 28.8 Å². The van der Waals surface area contributed by atoms with E-state index >= 15 is 4.39 Å². The number of unbranched alkanes of at least 4 members (excludes halogenated alkanes) is 1. The number of likely N-dealkylation sites (tertiary alicyclic amines) is 2. The Labute approximate surface area is 385 Å². The third-order valence-corrected chi connectivity index (χ3v) is 14.3. The molecule has 2 saturated heterocycles. The van der Waals surface area contributed by atoms with Gasteiger partial charge in [-0.3, -0.25) is 19.3 Å². The van der Waals surface area contributed by atoms with Crippen molar-refractivity contribution >= 4 is 17.3 Å². The quantitative estimate of drug-likeness (QED) is 0.0665. The predicted octanol–water partition coefficient (Wildman–Crippen LogP) is 9.14. The molecule has 0 radical (unpaired) electrons. The molecular formula is C54H70F2N4O5. The first-order chi connectivity index (χ1) is 31.0. The summed E-state index contributed by atoms with van der Waals surface area (Å²) in [7, 11) is 7.99. The molecule has 9 nitrogen and oxygen atoms in total. The van der Waals surface area contributed by atoms with Crippen LogP contribution in [-0.4, -0.2) is 127 Å². The summed E-state index contributed by atoms with van der Waals surface area (Å²) >= 11 is 0. The topological polar surface area (TPSA) is 105 Å². The molecule has 0 bridgehead atoms. The summed E-state index contributed by atoms with van der Waals surface area (Å²) in [4.78, 5) is 52.2. The highest BCUT2D eigenvalue weighted by atomic mass is 19.1. The number of phenolic OH excluding ortho intramolecular Hbond substituents is 2. The predicted molar refractivity (Wildman–Crippen MR) is 254 cm³/mol. The summed E-state index contributed by atoms with van der Waals surface area (Å²) in [5, 5.41) is 20.6. The van der Waals surface area contributed by atoms with Crippen LogP contribution in [0.1, 0.15) is 100 Å². The molecule has 0 aliphatic carbocycles. The van der Waals surface area contributed by atoms with Gasteiger partial charge in [-0.15, -0.1) is 0 Å². The van der Waals surface area contributed by atoms with Crippen molar-refractivity contribution in [1.29, 1.82) is 0 Å². The van der Waals surface area contributed by atoms with Crippen molar-refractivity contribution < 1.29 is 33.4 Å². The Kier molecular flexibility index (Phi) is 17.2. The van der Waals surface area contributed by atoms with Crippen molar-refractivity contribution in [1.82, 2.24) is 19.6 Å². The third kappa shape index (κ3) is 12.4. The zero-order valence-corrected chi connectivity index (χ0v) is 39.5. The molecule has 6 rings (SSSR count). The largest absolute Gasteiger partial charge is 0.508 e. The summed E-state index contributed by atoms with van der Waals surface area (Å²) in [6.07, 6.45) is 4.47. The first-order valence-electron chi connectivity index (χ1n) is 23.5. The van der Waals surface area contributed by atoms with E-state index < -0.39 is 11.8 Å². The number of benzene rings is 4. The Morgan fingerprint density at radius 3 is 1.86 bits per heavy atom. The minimum absolute atomic E-state index is 0.0151. The van der Waals surface area contributed by atoms with Crippen LogP contribution in [0.4, 0.5) is 8.78 Å². The second kappa shape index (κ2) is 22.6. The summed E-state index contributed by atoms with van der Waals surface area (Å²) in [5.41, 5.74) is 3.55. The molecule has 2 heterocycles. The molecule has 4 aromatic rings. The van der Waals surface area contributed by atoms with E-state index in [1.807, 2.05) is 38.1 Å². The fraction of sp³-hybridized carbons (Fsp3) is 0.500. The normalized spacial score (nSPS) is 21.7. The Balaban J connectivity index is 1.20. The highest BCUT2D eigenvalue weighted by molar-refractivity contribution is 5.99. The van der Waals surface area contributed by atoms with Gasteiger partial charge in [0.1, 0.15) is 23.1 Å². The maximum absolute atomic E-state index is 15.4. The Morgan fingerprint density at radius 1 is 0.708 bits per heavy atom. The number of aromatic hydroxyl groups is 2. The number of carbonyl (C=O) groups is 3. The maximum Gasteiger partial charge on any atom is 0.167 e. The molecule has 2 N–H and O–H groups in total. The maximum atomic E-state index is 15.4. The summed E-state index contributed by atoms with van der Waals surface area (Å²) in [6.45, 7) is 10.3. The van der Waals surface area contributed by atoms with Crippen LogP contribution in [0.25, 0.3) is 0 Å². The van der Waals surface area contributed by atoms with Crippen molar-refractivity contribution in [3.05, 3.63) is 130 Å². The second-order valence-corrected chi connectivity index (χ2v) is 19.4. The molecule has 0 spiro atoms. The van der Waals surface area contributed by atoms with Gasteiger partial charge in [0.15, 0.2) is 17.3 Å². The van der Waals surface area contributed by atoms with Gasteiger partial charge in [0.2, 0.25) is 0 Å². The molecule has 0 amide bonds. The smallest absolute Gasteiger partial charge is 0.167 e. The number of rotatable bonds is 20. The SMILES string of the molecule is Cc1c(F)cccc1C1CCN(CCC[C@H](C(=O)C(C)CC2CN(CCCCN(C)C)CC(C(=O)c3cccc(O)c3)C2c2cccc(F)c2C)N(C)C)CC1C(=O)c1cccc(O)c1. The lowest BCUT2D eigenvalue weighted by atomic mass is 9.67. The number of phenols is 2. The first kappa shape index (κ1) is 49.6. The van der Waals surface area contributed by atoms with E-state index in [1.165, 1.54) is 24.3 Å².